The van der Waals surface area contributed by atoms with Crippen LogP contribution in [-0.4, -0.2) is 47.3 Å². The lowest BCUT2D eigenvalue weighted by Crippen LogP contribution is -2.50. The fraction of sp³-hybridized carbons (Fsp3) is 0.438. The lowest BCUT2D eigenvalue weighted by atomic mass is 10.2. The molecule has 2 aromatic rings. The average molecular weight is 350 g/mol. The number of rotatable bonds is 3. The third kappa shape index (κ3) is 3.79. The molecule has 24 heavy (non-hydrogen) atoms. The van der Waals surface area contributed by atoms with E-state index in [0.717, 1.165) is 0 Å². The van der Waals surface area contributed by atoms with Gasteiger partial charge in [0.05, 0.1) is 0 Å². The van der Waals surface area contributed by atoms with E-state index < -0.39 is 0 Å². The molecule has 0 spiro atoms. The number of hydrogen-bond acceptors (Lipinski definition) is 5. The monoisotopic (exact) mass is 349 g/mol. The van der Waals surface area contributed by atoms with Crippen molar-refractivity contribution < 1.29 is 9.21 Å². The van der Waals surface area contributed by atoms with Gasteiger partial charge in [0.1, 0.15) is 0 Å². The molecule has 0 atom stereocenters. The van der Waals surface area contributed by atoms with E-state index in [0.29, 0.717) is 48.8 Å². The zero-order valence-corrected chi connectivity index (χ0v) is 14.5. The van der Waals surface area contributed by atoms with Crippen LogP contribution in [0.3, 0.4) is 0 Å². The van der Waals surface area contributed by atoms with E-state index in [9.17, 15) is 4.79 Å². The average Bonchev–Trinajstić information content (AvgIpc) is 3.05. The van der Waals surface area contributed by atoms with Gasteiger partial charge in [-0.2, -0.15) is 0 Å². The number of carbonyl (C=O) groups excluding carboxylic acids is 1. The highest BCUT2D eigenvalue weighted by Crippen LogP contribution is 2.20. The quantitative estimate of drug-likeness (QED) is 0.921. The Balaban J connectivity index is 1.55. The highest BCUT2D eigenvalue weighted by molar-refractivity contribution is 6.30. The Morgan fingerprint density at radius 2 is 2.00 bits per heavy atom. The standard InChI is InChI=1S/C16H20ClN5O2/c1-11(2)14-19-20-16(24-14)22-8-6-21(7-9-22)15(23)18-13-5-3-4-12(17)10-13/h3-5,10-11H,6-9H2,1-2H3,(H,18,23). The Kier molecular flexibility index (Phi) is 4.89. The summed E-state index contributed by atoms with van der Waals surface area (Å²) in [6, 6.07) is 7.50. The Labute approximate surface area is 145 Å². The molecule has 1 aromatic carbocycles. The molecule has 0 bridgehead atoms. The first-order valence-electron chi connectivity index (χ1n) is 7.93. The third-order valence-corrected chi connectivity index (χ3v) is 4.07. The van der Waals surface area contributed by atoms with Crippen LogP contribution in [-0.2, 0) is 0 Å². The van der Waals surface area contributed by atoms with Crippen LogP contribution in [0.15, 0.2) is 28.7 Å². The molecule has 0 radical (unpaired) electrons. The van der Waals surface area contributed by atoms with Gasteiger partial charge in [0.15, 0.2) is 0 Å². The summed E-state index contributed by atoms with van der Waals surface area (Å²) in [7, 11) is 0. The molecule has 3 rings (SSSR count). The summed E-state index contributed by atoms with van der Waals surface area (Å²) in [5, 5.41) is 11.6. The van der Waals surface area contributed by atoms with Gasteiger partial charge < -0.3 is 19.5 Å². The second-order valence-electron chi connectivity index (χ2n) is 5.99. The Morgan fingerprint density at radius 3 is 2.62 bits per heavy atom. The van der Waals surface area contributed by atoms with Crippen molar-refractivity contribution >= 4 is 29.3 Å². The normalized spacial score (nSPS) is 15.0. The van der Waals surface area contributed by atoms with E-state index >= 15 is 0 Å². The molecule has 0 saturated carbocycles. The molecule has 1 N–H and O–H groups in total. The van der Waals surface area contributed by atoms with Crippen LogP contribution in [0, 0.1) is 0 Å². The number of nitrogens with one attached hydrogen (secondary N) is 1. The molecule has 1 aliphatic heterocycles. The van der Waals surface area contributed by atoms with Gasteiger partial charge >= 0.3 is 12.0 Å². The number of nitrogens with zero attached hydrogens (tertiary/aromatic N) is 4. The van der Waals surface area contributed by atoms with Gasteiger partial charge in [0, 0.05) is 42.8 Å². The lowest BCUT2D eigenvalue weighted by molar-refractivity contribution is 0.207. The molecular formula is C16H20ClN5O2. The molecule has 1 aromatic heterocycles. The van der Waals surface area contributed by atoms with Crippen molar-refractivity contribution in [3.05, 3.63) is 35.2 Å². The van der Waals surface area contributed by atoms with Crippen molar-refractivity contribution in [1.29, 1.82) is 0 Å². The number of amides is 2. The van der Waals surface area contributed by atoms with E-state index in [1.54, 1.807) is 23.1 Å². The number of anilines is 2. The van der Waals surface area contributed by atoms with Crippen LogP contribution in [0.2, 0.25) is 5.02 Å². The maximum atomic E-state index is 12.3. The van der Waals surface area contributed by atoms with Crippen LogP contribution >= 0.6 is 11.6 Å². The Morgan fingerprint density at radius 1 is 1.25 bits per heavy atom. The van der Waals surface area contributed by atoms with Gasteiger partial charge in [-0.3, -0.25) is 0 Å². The van der Waals surface area contributed by atoms with Crippen molar-refractivity contribution in [2.75, 3.05) is 36.4 Å². The van der Waals surface area contributed by atoms with E-state index in [2.05, 4.69) is 15.5 Å². The Hall–Kier alpha value is -2.28. The maximum absolute atomic E-state index is 12.3. The molecule has 1 fully saturated rings. The summed E-state index contributed by atoms with van der Waals surface area (Å²) in [5.41, 5.74) is 0.688. The number of benzene rings is 1. The van der Waals surface area contributed by atoms with Crippen molar-refractivity contribution in [3.8, 4) is 0 Å². The number of halogens is 1. The lowest BCUT2D eigenvalue weighted by Gasteiger charge is -2.33. The molecule has 7 nitrogen and oxygen atoms in total. The highest BCUT2D eigenvalue weighted by Gasteiger charge is 2.24. The SMILES string of the molecule is CC(C)c1nnc(N2CCN(C(=O)Nc3cccc(Cl)c3)CC2)o1. The second-order valence-corrected chi connectivity index (χ2v) is 6.43. The fourth-order valence-electron chi connectivity index (χ4n) is 2.46. The molecular weight excluding hydrogens is 330 g/mol. The first kappa shape index (κ1) is 16.6. The molecule has 0 aliphatic carbocycles. The fourth-order valence-corrected chi connectivity index (χ4v) is 2.65. The molecule has 8 heteroatoms. The number of hydrogen-bond donors (Lipinski definition) is 1. The summed E-state index contributed by atoms with van der Waals surface area (Å²) >= 11 is 5.93. The maximum Gasteiger partial charge on any atom is 0.321 e. The zero-order chi connectivity index (χ0) is 17.1. The summed E-state index contributed by atoms with van der Waals surface area (Å²) < 4.78 is 5.66. The van der Waals surface area contributed by atoms with Crippen molar-refractivity contribution in [1.82, 2.24) is 15.1 Å². The highest BCUT2D eigenvalue weighted by atomic mass is 35.5. The molecule has 0 unspecified atom stereocenters. The van der Waals surface area contributed by atoms with Crippen molar-refractivity contribution in [2.45, 2.75) is 19.8 Å². The smallest absolute Gasteiger partial charge is 0.321 e. The molecule has 1 saturated heterocycles. The second kappa shape index (κ2) is 7.09. The topological polar surface area (TPSA) is 74.5 Å². The van der Waals surface area contributed by atoms with Crippen molar-refractivity contribution in [2.24, 2.45) is 0 Å². The van der Waals surface area contributed by atoms with Crippen LogP contribution in [0.4, 0.5) is 16.5 Å². The van der Waals surface area contributed by atoms with E-state index in [-0.39, 0.29) is 11.9 Å². The number of urea groups is 1. The Bertz CT molecular complexity index is 710. The summed E-state index contributed by atoms with van der Waals surface area (Å²) in [5.74, 6) is 0.835. The van der Waals surface area contributed by atoms with E-state index in [1.807, 2.05) is 24.8 Å². The largest absolute Gasteiger partial charge is 0.408 e. The molecule has 2 heterocycles. The first-order chi connectivity index (χ1) is 11.5. The van der Waals surface area contributed by atoms with E-state index in [4.69, 9.17) is 16.0 Å². The minimum atomic E-state index is -0.134. The summed E-state index contributed by atoms with van der Waals surface area (Å²) in [6.07, 6.45) is 0. The number of piperazine rings is 1. The predicted molar refractivity (Wildman–Crippen MR) is 92.6 cm³/mol. The summed E-state index contributed by atoms with van der Waals surface area (Å²) in [6.45, 7) is 6.51. The zero-order valence-electron chi connectivity index (χ0n) is 13.7. The van der Waals surface area contributed by atoms with Gasteiger partial charge in [-0.25, -0.2) is 4.79 Å². The predicted octanol–water partition coefficient (Wildman–Crippen LogP) is 3.20. The minimum absolute atomic E-state index is 0.134. The minimum Gasteiger partial charge on any atom is -0.408 e. The van der Waals surface area contributed by atoms with Crippen LogP contribution in [0.5, 0.6) is 0 Å². The van der Waals surface area contributed by atoms with Gasteiger partial charge in [0.25, 0.3) is 0 Å². The van der Waals surface area contributed by atoms with Crippen LogP contribution in [0.25, 0.3) is 0 Å². The molecule has 128 valence electrons. The van der Waals surface area contributed by atoms with Gasteiger partial charge in [-0.05, 0) is 18.2 Å². The molecule has 1 aliphatic rings. The van der Waals surface area contributed by atoms with Gasteiger partial charge in [0.2, 0.25) is 5.89 Å². The summed E-state index contributed by atoms with van der Waals surface area (Å²) in [4.78, 5) is 16.1. The van der Waals surface area contributed by atoms with Gasteiger partial charge in [-0.1, -0.05) is 36.6 Å². The van der Waals surface area contributed by atoms with Crippen LogP contribution < -0.4 is 10.2 Å². The van der Waals surface area contributed by atoms with Gasteiger partial charge in [-0.15, -0.1) is 5.10 Å². The number of carbonyl (C=O) groups is 1. The van der Waals surface area contributed by atoms with Crippen LogP contribution in [0.1, 0.15) is 25.7 Å². The van der Waals surface area contributed by atoms with Crippen molar-refractivity contribution in [3.63, 3.8) is 0 Å². The molecule has 2 amide bonds. The number of aromatic nitrogens is 2. The first-order valence-corrected chi connectivity index (χ1v) is 8.30. The van der Waals surface area contributed by atoms with E-state index in [1.165, 1.54) is 0 Å². The third-order valence-electron chi connectivity index (χ3n) is 3.84.